The van der Waals surface area contributed by atoms with Crippen LogP contribution in [0.3, 0.4) is 0 Å². The number of ether oxygens (including phenoxy) is 1. The Balaban J connectivity index is 0.00000353. The molecule has 0 saturated heterocycles. The maximum absolute atomic E-state index is 15.3. The fourth-order valence-corrected chi connectivity index (χ4v) is 4.46. The molecule has 8 heteroatoms. The second-order valence-electron chi connectivity index (χ2n) is 9.33. The van der Waals surface area contributed by atoms with Crippen molar-refractivity contribution in [2.75, 3.05) is 0 Å². The third kappa shape index (κ3) is 5.32. The Kier molecular flexibility index (Phi) is 7.95. The maximum atomic E-state index is 15.3. The zero-order valence-electron chi connectivity index (χ0n) is 20.8. The van der Waals surface area contributed by atoms with E-state index in [1.807, 2.05) is 13.8 Å². The summed E-state index contributed by atoms with van der Waals surface area (Å²) in [6, 6.07) is 11.6. The number of nitrogens with one attached hydrogen (secondary N) is 2. The molecule has 4 nitrogen and oxygen atoms in total. The first-order valence-electron chi connectivity index (χ1n) is 12.1. The Hall–Kier alpha value is -4.33. The molecular formula is C31H29F4N3O. The van der Waals surface area contributed by atoms with Crippen LogP contribution < -0.4 is 4.74 Å². The summed E-state index contributed by atoms with van der Waals surface area (Å²) in [5.74, 6) is -3.34. The van der Waals surface area contributed by atoms with E-state index < -0.39 is 29.1 Å². The molecular weight excluding hydrogens is 506 g/mol. The SMILES string of the molecule is C.C=CC(C)Cc1cccc(C(C)c2cnc(-c3cc(Oc4c(F)cc5[nH]ccc5c4F)ccc3F)[nH]2)c1F. The molecule has 2 unspecified atom stereocenters. The number of rotatable bonds is 8. The molecule has 0 aliphatic heterocycles. The van der Waals surface area contributed by atoms with Crippen molar-refractivity contribution >= 4 is 10.9 Å². The van der Waals surface area contributed by atoms with Gasteiger partial charge in [0.1, 0.15) is 23.2 Å². The Morgan fingerprint density at radius 2 is 1.79 bits per heavy atom. The second-order valence-corrected chi connectivity index (χ2v) is 9.33. The topological polar surface area (TPSA) is 53.7 Å². The van der Waals surface area contributed by atoms with Crippen molar-refractivity contribution in [1.82, 2.24) is 15.0 Å². The first-order chi connectivity index (χ1) is 18.3. The fraction of sp³-hybridized carbons (Fsp3) is 0.194. The van der Waals surface area contributed by atoms with E-state index in [0.717, 1.165) is 12.1 Å². The molecule has 0 fully saturated rings. The first-order valence-corrected chi connectivity index (χ1v) is 12.1. The van der Waals surface area contributed by atoms with E-state index in [0.29, 0.717) is 28.8 Å². The van der Waals surface area contributed by atoms with Crippen LogP contribution in [0.4, 0.5) is 17.6 Å². The van der Waals surface area contributed by atoms with Crippen LogP contribution in [-0.2, 0) is 6.42 Å². The van der Waals surface area contributed by atoms with Gasteiger partial charge in [-0.2, -0.15) is 0 Å². The van der Waals surface area contributed by atoms with Crippen molar-refractivity contribution in [2.45, 2.75) is 33.6 Å². The Labute approximate surface area is 224 Å². The Bertz CT molecular complexity index is 1640. The van der Waals surface area contributed by atoms with Crippen LogP contribution >= 0.6 is 0 Å². The molecule has 5 aromatic rings. The molecule has 39 heavy (non-hydrogen) atoms. The van der Waals surface area contributed by atoms with Gasteiger partial charge in [-0.1, -0.05) is 45.5 Å². The quantitative estimate of drug-likeness (QED) is 0.154. The van der Waals surface area contributed by atoms with Crippen molar-refractivity contribution in [3.8, 4) is 22.9 Å². The number of halogens is 4. The van der Waals surface area contributed by atoms with E-state index >= 15 is 4.39 Å². The van der Waals surface area contributed by atoms with Crippen LogP contribution in [0, 0.1) is 29.2 Å². The minimum atomic E-state index is -0.899. The molecule has 0 bridgehead atoms. The molecule has 0 saturated carbocycles. The zero-order valence-corrected chi connectivity index (χ0v) is 20.8. The molecule has 3 aromatic carbocycles. The highest BCUT2D eigenvalue weighted by molar-refractivity contribution is 5.82. The summed E-state index contributed by atoms with van der Waals surface area (Å²) in [5, 5.41) is 0.170. The van der Waals surface area contributed by atoms with Crippen molar-refractivity contribution in [3.05, 3.63) is 114 Å². The van der Waals surface area contributed by atoms with Crippen LogP contribution in [0.25, 0.3) is 22.3 Å². The number of nitrogens with zero attached hydrogens (tertiary/aromatic N) is 1. The van der Waals surface area contributed by atoms with Gasteiger partial charge in [-0.05, 0) is 47.7 Å². The van der Waals surface area contributed by atoms with E-state index in [1.165, 1.54) is 30.6 Å². The molecule has 2 aromatic heterocycles. The summed E-state index contributed by atoms with van der Waals surface area (Å²) in [7, 11) is 0. The molecule has 2 atom stereocenters. The number of imidazole rings is 1. The third-order valence-electron chi connectivity index (χ3n) is 6.70. The second kappa shape index (κ2) is 11.2. The van der Waals surface area contributed by atoms with Crippen molar-refractivity contribution in [2.24, 2.45) is 5.92 Å². The van der Waals surface area contributed by atoms with Gasteiger partial charge in [0.05, 0.1) is 11.1 Å². The monoisotopic (exact) mass is 535 g/mol. The number of allylic oxidation sites excluding steroid dienone is 1. The average molecular weight is 536 g/mol. The molecule has 0 amide bonds. The van der Waals surface area contributed by atoms with Crippen LogP contribution in [0.5, 0.6) is 11.5 Å². The predicted molar refractivity (Wildman–Crippen MR) is 146 cm³/mol. The van der Waals surface area contributed by atoms with Crippen molar-refractivity contribution in [3.63, 3.8) is 0 Å². The van der Waals surface area contributed by atoms with Gasteiger partial charge in [-0.15, -0.1) is 6.58 Å². The van der Waals surface area contributed by atoms with Crippen LogP contribution in [-0.4, -0.2) is 15.0 Å². The predicted octanol–water partition coefficient (Wildman–Crippen LogP) is 9.06. The molecule has 202 valence electrons. The molecule has 2 heterocycles. The van der Waals surface area contributed by atoms with E-state index in [2.05, 4.69) is 21.5 Å². The van der Waals surface area contributed by atoms with Gasteiger partial charge in [0.15, 0.2) is 17.4 Å². The smallest absolute Gasteiger partial charge is 0.199 e. The lowest BCUT2D eigenvalue weighted by atomic mass is 9.92. The highest BCUT2D eigenvalue weighted by Gasteiger charge is 2.21. The summed E-state index contributed by atoms with van der Waals surface area (Å²) in [4.78, 5) is 10.1. The Morgan fingerprint density at radius 3 is 2.56 bits per heavy atom. The number of fused-ring (bicyclic) bond motifs is 1. The van der Waals surface area contributed by atoms with Gasteiger partial charge in [-0.25, -0.2) is 22.5 Å². The van der Waals surface area contributed by atoms with Crippen LogP contribution in [0.15, 0.2) is 73.6 Å². The molecule has 0 aliphatic carbocycles. The molecule has 0 radical (unpaired) electrons. The van der Waals surface area contributed by atoms with Gasteiger partial charge >= 0.3 is 0 Å². The zero-order chi connectivity index (χ0) is 27.0. The number of H-pyrrole nitrogens is 2. The van der Waals surface area contributed by atoms with E-state index in [4.69, 9.17) is 4.74 Å². The van der Waals surface area contributed by atoms with Crippen LogP contribution in [0.1, 0.15) is 44.0 Å². The third-order valence-corrected chi connectivity index (χ3v) is 6.70. The van der Waals surface area contributed by atoms with Gasteiger partial charge in [0.25, 0.3) is 0 Å². The van der Waals surface area contributed by atoms with Gasteiger partial charge < -0.3 is 14.7 Å². The van der Waals surface area contributed by atoms with Gasteiger partial charge in [0, 0.05) is 35.5 Å². The Morgan fingerprint density at radius 1 is 1.00 bits per heavy atom. The standard InChI is InChI=1S/C30H25F4N3O.CH4/c1-4-16(2)12-18-6-5-7-20(27(18)33)17(3)26-15-36-30(37-26)22-13-19(8-9-23(22)31)38-29-24(32)14-25-21(28(29)34)10-11-35-25;/h4-11,13-17,35H,1,12H2,2-3H3,(H,36,37);1H4. The molecule has 0 aliphatic rings. The van der Waals surface area contributed by atoms with Crippen molar-refractivity contribution < 1.29 is 22.3 Å². The highest BCUT2D eigenvalue weighted by Crippen LogP contribution is 2.35. The molecule has 0 spiro atoms. The minimum absolute atomic E-state index is 0. The average Bonchev–Trinajstić information content (AvgIpc) is 3.58. The summed E-state index contributed by atoms with van der Waals surface area (Å²) < 4.78 is 65.0. The number of aromatic amines is 2. The summed E-state index contributed by atoms with van der Waals surface area (Å²) in [5.41, 5.74) is 1.99. The lowest BCUT2D eigenvalue weighted by Crippen LogP contribution is -2.05. The number of hydrogen-bond acceptors (Lipinski definition) is 2. The number of hydrogen-bond donors (Lipinski definition) is 2. The fourth-order valence-electron chi connectivity index (χ4n) is 4.46. The van der Waals surface area contributed by atoms with Gasteiger partial charge in [0.2, 0.25) is 0 Å². The number of aromatic nitrogens is 3. The van der Waals surface area contributed by atoms with E-state index in [-0.39, 0.29) is 41.7 Å². The highest BCUT2D eigenvalue weighted by atomic mass is 19.1. The molecule has 2 N–H and O–H groups in total. The lowest BCUT2D eigenvalue weighted by Gasteiger charge is -2.15. The number of benzene rings is 3. The van der Waals surface area contributed by atoms with E-state index in [1.54, 1.807) is 24.3 Å². The minimum Gasteiger partial charge on any atom is -0.451 e. The van der Waals surface area contributed by atoms with Gasteiger partial charge in [-0.3, -0.25) is 0 Å². The van der Waals surface area contributed by atoms with Crippen LogP contribution in [0.2, 0.25) is 0 Å². The largest absolute Gasteiger partial charge is 0.451 e. The van der Waals surface area contributed by atoms with E-state index in [9.17, 15) is 13.2 Å². The summed E-state index contributed by atoms with van der Waals surface area (Å²) >= 11 is 0. The molecule has 5 rings (SSSR count). The maximum Gasteiger partial charge on any atom is 0.199 e. The summed E-state index contributed by atoms with van der Waals surface area (Å²) in [6.07, 6.45) is 5.32. The normalized spacial score (nSPS) is 12.7. The lowest BCUT2D eigenvalue weighted by molar-refractivity contribution is 0.410. The first kappa shape index (κ1) is 27.7. The summed E-state index contributed by atoms with van der Waals surface area (Å²) in [6.45, 7) is 7.56. The van der Waals surface area contributed by atoms with Crippen molar-refractivity contribution in [1.29, 1.82) is 0 Å².